The molecule has 1 aliphatic carbocycles. The summed E-state index contributed by atoms with van der Waals surface area (Å²) in [5.74, 6) is 1.31. The molecule has 0 amide bonds. The van der Waals surface area contributed by atoms with Gasteiger partial charge in [-0.3, -0.25) is 0 Å². The van der Waals surface area contributed by atoms with E-state index in [1.807, 2.05) is 6.92 Å². The van der Waals surface area contributed by atoms with Crippen LogP contribution in [0.25, 0.3) is 0 Å². The third-order valence-electron chi connectivity index (χ3n) is 3.04. The Hall–Kier alpha value is -1.00. The maximum absolute atomic E-state index is 9.50. The van der Waals surface area contributed by atoms with E-state index in [-0.39, 0.29) is 6.10 Å². The number of ether oxygens (including phenoxy) is 1. The maximum atomic E-state index is 9.50. The van der Waals surface area contributed by atoms with Gasteiger partial charge in [-0.1, -0.05) is 0 Å². The molecular formula is C12H18N2O2. The van der Waals surface area contributed by atoms with Crippen molar-refractivity contribution in [3.63, 3.8) is 0 Å². The summed E-state index contributed by atoms with van der Waals surface area (Å²) >= 11 is 0. The van der Waals surface area contributed by atoms with Crippen LogP contribution >= 0.6 is 0 Å². The van der Waals surface area contributed by atoms with E-state index in [4.69, 9.17) is 4.74 Å². The molecule has 1 fully saturated rings. The molecule has 1 aliphatic rings. The van der Waals surface area contributed by atoms with Gasteiger partial charge in [-0.05, 0) is 32.6 Å². The predicted octanol–water partition coefficient (Wildman–Crippen LogP) is 1.94. The zero-order chi connectivity index (χ0) is 11.7. The summed E-state index contributed by atoms with van der Waals surface area (Å²) in [5, 5.41) is 9.50. The number of hydrogen-bond acceptors (Lipinski definition) is 4. The van der Waals surface area contributed by atoms with E-state index in [1.54, 1.807) is 20.2 Å². The molecule has 88 valence electrons. The molecule has 1 heterocycles. The van der Waals surface area contributed by atoms with E-state index >= 15 is 0 Å². The number of hydrogen-bond donors (Lipinski definition) is 1. The molecule has 0 spiro atoms. The number of aliphatic hydroxyl groups is 1. The zero-order valence-electron chi connectivity index (χ0n) is 9.97. The van der Waals surface area contributed by atoms with Gasteiger partial charge in [0.1, 0.15) is 6.10 Å². The lowest BCUT2D eigenvalue weighted by molar-refractivity contribution is 0.0768. The first-order valence-electron chi connectivity index (χ1n) is 5.67. The Balaban J connectivity index is 2.25. The Bertz CT molecular complexity index is 375. The number of methoxy groups -OCH3 is 1. The van der Waals surface area contributed by atoms with Crippen molar-refractivity contribution < 1.29 is 9.84 Å². The van der Waals surface area contributed by atoms with E-state index in [0.717, 1.165) is 17.1 Å². The average Bonchev–Trinajstić information content (AvgIpc) is 3.02. The molecule has 0 aromatic carbocycles. The van der Waals surface area contributed by atoms with Crippen LogP contribution in [-0.4, -0.2) is 22.2 Å². The standard InChI is InChI=1S/C12H18N2O2/c1-7-10(8(2)15)6-13-12(14-7)11(16-3)9-4-5-9/h6,8-9,11,15H,4-5H2,1-3H3/t8-,11?/m1/s1. The zero-order valence-corrected chi connectivity index (χ0v) is 9.97. The van der Waals surface area contributed by atoms with Crippen LogP contribution in [0, 0.1) is 12.8 Å². The van der Waals surface area contributed by atoms with Crippen molar-refractivity contribution in [2.24, 2.45) is 5.92 Å². The van der Waals surface area contributed by atoms with Crippen LogP contribution in [0.3, 0.4) is 0 Å². The van der Waals surface area contributed by atoms with Crippen LogP contribution < -0.4 is 0 Å². The molecule has 2 rings (SSSR count). The third kappa shape index (κ3) is 2.23. The van der Waals surface area contributed by atoms with Gasteiger partial charge in [0, 0.05) is 24.6 Å². The molecule has 1 unspecified atom stereocenters. The summed E-state index contributed by atoms with van der Waals surface area (Å²) in [5.41, 5.74) is 1.62. The van der Waals surface area contributed by atoms with Crippen molar-refractivity contribution in [3.05, 3.63) is 23.3 Å². The molecule has 1 aromatic heterocycles. The lowest BCUT2D eigenvalue weighted by Gasteiger charge is -2.15. The van der Waals surface area contributed by atoms with E-state index in [0.29, 0.717) is 5.92 Å². The van der Waals surface area contributed by atoms with Gasteiger partial charge in [-0.25, -0.2) is 9.97 Å². The highest BCUT2D eigenvalue weighted by Crippen LogP contribution is 2.41. The lowest BCUT2D eigenvalue weighted by atomic mass is 10.1. The number of aromatic nitrogens is 2. The summed E-state index contributed by atoms with van der Waals surface area (Å²) in [6.45, 7) is 3.62. The van der Waals surface area contributed by atoms with E-state index in [9.17, 15) is 5.11 Å². The minimum atomic E-state index is -0.518. The van der Waals surface area contributed by atoms with Crippen LogP contribution in [0.15, 0.2) is 6.20 Å². The van der Waals surface area contributed by atoms with Crippen molar-refractivity contribution >= 4 is 0 Å². The Morgan fingerprint density at radius 2 is 2.19 bits per heavy atom. The van der Waals surface area contributed by atoms with Gasteiger partial charge in [0.05, 0.1) is 6.10 Å². The quantitative estimate of drug-likeness (QED) is 0.845. The number of aliphatic hydroxyl groups excluding tert-OH is 1. The van der Waals surface area contributed by atoms with Crippen LogP contribution in [0.5, 0.6) is 0 Å². The Morgan fingerprint density at radius 1 is 1.50 bits per heavy atom. The summed E-state index contributed by atoms with van der Waals surface area (Å²) in [4.78, 5) is 8.73. The SMILES string of the molecule is COC(c1ncc([C@@H](C)O)c(C)n1)C1CC1. The van der Waals surface area contributed by atoms with Crippen molar-refractivity contribution in [2.75, 3.05) is 7.11 Å². The fourth-order valence-electron chi connectivity index (χ4n) is 1.95. The molecule has 0 aliphatic heterocycles. The largest absolute Gasteiger partial charge is 0.389 e. The molecule has 16 heavy (non-hydrogen) atoms. The second-order valence-electron chi connectivity index (χ2n) is 4.44. The van der Waals surface area contributed by atoms with Gasteiger partial charge in [0.15, 0.2) is 5.82 Å². The van der Waals surface area contributed by atoms with Gasteiger partial charge in [0.2, 0.25) is 0 Å². The minimum Gasteiger partial charge on any atom is -0.389 e. The van der Waals surface area contributed by atoms with Gasteiger partial charge in [0.25, 0.3) is 0 Å². The van der Waals surface area contributed by atoms with Crippen molar-refractivity contribution in [1.29, 1.82) is 0 Å². The van der Waals surface area contributed by atoms with Crippen LogP contribution in [0.2, 0.25) is 0 Å². The number of nitrogens with zero attached hydrogens (tertiary/aromatic N) is 2. The molecule has 0 bridgehead atoms. The Labute approximate surface area is 95.7 Å². The van der Waals surface area contributed by atoms with Crippen LogP contribution in [0.1, 0.15) is 49.1 Å². The number of aryl methyl sites for hydroxylation is 1. The van der Waals surface area contributed by atoms with E-state index in [1.165, 1.54) is 12.8 Å². The number of rotatable bonds is 4. The molecule has 4 heteroatoms. The van der Waals surface area contributed by atoms with Gasteiger partial charge < -0.3 is 9.84 Å². The summed E-state index contributed by atoms with van der Waals surface area (Å²) < 4.78 is 5.43. The molecule has 2 atom stereocenters. The monoisotopic (exact) mass is 222 g/mol. The fourth-order valence-corrected chi connectivity index (χ4v) is 1.95. The normalized spacial score (nSPS) is 19.5. The van der Waals surface area contributed by atoms with Gasteiger partial charge in [-0.15, -0.1) is 0 Å². The molecule has 1 aromatic rings. The van der Waals surface area contributed by atoms with Gasteiger partial charge >= 0.3 is 0 Å². The van der Waals surface area contributed by atoms with Crippen molar-refractivity contribution in [2.45, 2.75) is 38.9 Å². The van der Waals surface area contributed by atoms with E-state index in [2.05, 4.69) is 9.97 Å². The van der Waals surface area contributed by atoms with Crippen LogP contribution in [-0.2, 0) is 4.74 Å². The summed E-state index contributed by atoms with van der Waals surface area (Å²) in [7, 11) is 1.70. The molecule has 1 saturated carbocycles. The highest BCUT2D eigenvalue weighted by atomic mass is 16.5. The molecule has 4 nitrogen and oxygen atoms in total. The average molecular weight is 222 g/mol. The molecule has 0 saturated heterocycles. The first kappa shape index (κ1) is 11.5. The maximum Gasteiger partial charge on any atom is 0.157 e. The lowest BCUT2D eigenvalue weighted by Crippen LogP contribution is -2.11. The Kier molecular flexibility index (Phi) is 3.21. The smallest absolute Gasteiger partial charge is 0.157 e. The summed E-state index contributed by atoms with van der Waals surface area (Å²) in [6, 6.07) is 0. The molecule has 1 N–H and O–H groups in total. The topological polar surface area (TPSA) is 55.2 Å². The van der Waals surface area contributed by atoms with E-state index < -0.39 is 6.10 Å². The highest BCUT2D eigenvalue weighted by Gasteiger charge is 2.34. The first-order valence-corrected chi connectivity index (χ1v) is 5.67. The summed E-state index contributed by atoms with van der Waals surface area (Å²) in [6.07, 6.45) is 3.59. The molecule has 0 radical (unpaired) electrons. The van der Waals surface area contributed by atoms with Gasteiger partial charge in [-0.2, -0.15) is 0 Å². The first-order chi connectivity index (χ1) is 7.63. The second kappa shape index (κ2) is 4.47. The predicted molar refractivity (Wildman–Crippen MR) is 59.9 cm³/mol. The van der Waals surface area contributed by atoms with Crippen LogP contribution in [0.4, 0.5) is 0 Å². The van der Waals surface area contributed by atoms with Crippen molar-refractivity contribution in [3.8, 4) is 0 Å². The third-order valence-corrected chi connectivity index (χ3v) is 3.04. The van der Waals surface area contributed by atoms with Crippen molar-refractivity contribution in [1.82, 2.24) is 9.97 Å². The second-order valence-corrected chi connectivity index (χ2v) is 4.44. The molecular weight excluding hydrogens is 204 g/mol. The Morgan fingerprint density at radius 3 is 2.62 bits per heavy atom. The highest BCUT2D eigenvalue weighted by molar-refractivity contribution is 5.19. The minimum absolute atomic E-state index is 0.0155. The fraction of sp³-hybridized carbons (Fsp3) is 0.667.